The second-order valence-corrected chi connectivity index (χ2v) is 7.28. The lowest BCUT2D eigenvalue weighted by atomic mass is 10.0. The number of carbonyl (C=O) groups is 2. The molecule has 4 N–H and O–H groups in total. The monoisotopic (exact) mass is 386 g/mol. The number of H-pyrrole nitrogens is 1. The minimum atomic E-state index is -0.670. The topological polar surface area (TPSA) is 117 Å². The fourth-order valence-corrected chi connectivity index (χ4v) is 3.42. The maximum Gasteiger partial charge on any atom is 0.314 e. The Morgan fingerprint density at radius 3 is 2.78 bits per heavy atom. The predicted octanol–water partition coefficient (Wildman–Crippen LogP) is 2.49. The van der Waals surface area contributed by atoms with Crippen LogP contribution in [0.3, 0.4) is 0 Å². The van der Waals surface area contributed by atoms with Gasteiger partial charge in [-0.1, -0.05) is 19.1 Å². The molecule has 8 nitrogen and oxygen atoms in total. The van der Waals surface area contributed by atoms with Crippen LogP contribution in [0.4, 0.5) is 11.5 Å². The summed E-state index contributed by atoms with van der Waals surface area (Å²) >= 11 is 1.71. The van der Waals surface area contributed by atoms with Crippen molar-refractivity contribution in [2.75, 3.05) is 24.1 Å². The number of hydrogen-bond donors (Lipinski definition) is 3. The van der Waals surface area contributed by atoms with E-state index in [1.54, 1.807) is 16.2 Å². The summed E-state index contributed by atoms with van der Waals surface area (Å²) in [5.74, 6) is -0.450. The molecule has 2 amide bonds. The van der Waals surface area contributed by atoms with Crippen LogP contribution in [0.1, 0.15) is 19.8 Å². The number of rotatable bonds is 1. The number of carbonyl (C=O) groups excluding carboxylic acids is 2. The smallest absolute Gasteiger partial charge is 0.314 e. The molecule has 0 spiro atoms. The summed E-state index contributed by atoms with van der Waals surface area (Å²) in [6, 6.07) is 4.04. The van der Waals surface area contributed by atoms with Crippen molar-refractivity contribution in [1.29, 1.82) is 0 Å². The highest BCUT2D eigenvalue weighted by atomic mass is 32.1. The minimum Gasteiger partial charge on any atom is -0.383 e. The molecule has 1 aliphatic rings. The van der Waals surface area contributed by atoms with Gasteiger partial charge < -0.3 is 16.0 Å². The molecule has 1 atom stereocenters. The largest absolute Gasteiger partial charge is 0.383 e. The van der Waals surface area contributed by atoms with Crippen LogP contribution in [-0.4, -0.2) is 45.0 Å². The van der Waals surface area contributed by atoms with E-state index in [1.807, 2.05) is 22.9 Å². The number of nitrogens with zero attached hydrogens (tertiary/aromatic N) is 3. The van der Waals surface area contributed by atoms with Crippen molar-refractivity contribution in [3.05, 3.63) is 35.3 Å². The van der Waals surface area contributed by atoms with Crippen molar-refractivity contribution in [1.82, 2.24) is 20.1 Å². The van der Waals surface area contributed by atoms with Gasteiger partial charge >= 0.3 is 11.8 Å². The van der Waals surface area contributed by atoms with Crippen LogP contribution in [0.5, 0.6) is 0 Å². The van der Waals surface area contributed by atoms with Gasteiger partial charge in [0.15, 0.2) is 0 Å². The number of aromatic amines is 1. The highest BCUT2D eigenvalue weighted by Crippen LogP contribution is 2.24. The first-order valence-electron chi connectivity index (χ1n) is 8.71. The number of fused-ring (bicyclic) bond motifs is 1. The van der Waals surface area contributed by atoms with E-state index in [9.17, 15) is 9.59 Å². The van der Waals surface area contributed by atoms with E-state index in [2.05, 4.69) is 27.4 Å². The second kappa shape index (κ2) is 8.63. The zero-order chi connectivity index (χ0) is 19.2. The molecule has 0 radical (unpaired) electrons. The predicted molar refractivity (Wildman–Crippen MR) is 106 cm³/mol. The van der Waals surface area contributed by atoms with E-state index in [1.165, 1.54) is 12.4 Å². The molecule has 1 fully saturated rings. The molecule has 9 heteroatoms. The lowest BCUT2D eigenvalue weighted by Crippen LogP contribution is -2.44. The van der Waals surface area contributed by atoms with Gasteiger partial charge in [-0.05, 0) is 29.5 Å². The third-order valence-corrected chi connectivity index (χ3v) is 4.96. The Morgan fingerprint density at radius 2 is 2.11 bits per heavy atom. The second-order valence-electron chi connectivity index (χ2n) is 6.46. The zero-order valence-electron chi connectivity index (χ0n) is 15.0. The standard InChI is InChI=1S/C14H18N6O2.C4H4S/c1-8-3-2-4-20(7-8)14(22)13(21)18-10-6-16-12(15)9-5-17-19-11(9)10;1-2-4-5-3-1/h5-6,8H,2-4,7H2,1H3,(H2,15,16)(H,17,19)(H,18,21);1-4H. The molecule has 3 aromatic rings. The zero-order valence-corrected chi connectivity index (χ0v) is 15.8. The molecule has 1 unspecified atom stereocenters. The molecular formula is C18H22N6O2S. The van der Waals surface area contributed by atoms with Crippen molar-refractivity contribution >= 4 is 45.6 Å². The van der Waals surface area contributed by atoms with Gasteiger partial charge in [-0.25, -0.2) is 4.98 Å². The summed E-state index contributed by atoms with van der Waals surface area (Å²) in [6.45, 7) is 3.32. The number of thiophene rings is 1. The summed E-state index contributed by atoms with van der Waals surface area (Å²) < 4.78 is 0. The first kappa shape index (κ1) is 18.8. The van der Waals surface area contributed by atoms with Crippen molar-refractivity contribution in [2.45, 2.75) is 19.8 Å². The maximum absolute atomic E-state index is 12.2. The number of anilines is 2. The van der Waals surface area contributed by atoms with Gasteiger partial charge in [0.1, 0.15) is 5.82 Å². The summed E-state index contributed by atoms with van der Waals surface area (Å²) in [5.41, 5.74) is 6.68. The Balaban J connectivity index is 0.000000364. The highest BCUT2D eigenvalue weighted by molar-refractivity contribution is 7.07. The van der Waals surface area contributed by atoms with E-state index in [0.717, 1.165) is 12.8 Å². The van der Waals surface area contributed by atoms with Gasteiger partial charge in [0.2, 0.25) is 0 Å². The molecule has 0 bridgehead atoms. The third kappa shape index (κ3) is 4.62. The summed E-state index contributed by atoms with van der Waals surface area (Å²) in [7, 11) is 0. The molecule has 3 aromatic heterocycles. The molecule has 4 rings (SSSR count). The van der Waals surface area contributed by atoms with E-state index < -0.39 is 11.8 Å². The van der Waals surface area contributed by atoms with Crippen LogP contribution in [0.15, 0.2) is 35.3 Å². The van der Waals surface area contributed by atoms with Crippen LogP contribution in [0.25, 0.3) is 10.9 Å². The van der Waals surface area contributed by atoms with Gasteiger partial charge in [-0.3, -0.25) is 14.7 Å². The fraction of sp³-hybridized carbons (Fsp3) is 0.333. The molecule has 1 aliphatic heterocycles. The number of likely N-dealkylation sites (tertiary alicyclic amines) is 1. The molecular weight excluding hydrogens is 364 g/mol. The number of nitrogens with one attached hydrogen (secondary N) is 2. The maximum atomic E-state index is 12.2. The Labute approximate surface area is 160 Å². The van der Waals surface area contributed by atoms with Crippen LogP contribution in [-0.2, 0) is 9.59 Å². The number of nitrogen functional groups attached to an aromatic ring is 1. The molecule has 0 saturated carbocycles. The molecule has 0 aliphatic carbocycles. The van der Waals surface area contributed by atoms with Gasteiger partial charge in [-0.15, -0.1) is 0 Å². The number of amides is 2. The molecule has 142 valence electrons. The average Bonchev–Trinajstić information content (AvgIpc) is 3.38. The molecule has 0 aromatic carbocycles. The van der Waals surface area contributed by atoms with E-state index >= 15 is 0 Å². The van der Waals surface area contributed by atoms with Gasteiger partial charge in [0.05, 0.1) is 29.0 Å². The summed E-state index contributed by atoms with van der Waals surface area (Å²) in [6.07, 6.45) is 4.96. The van der Waals surface area contributed by atoms with Crippen LogP contribution in [0.2, 0.25) is 0 Å². The van der Waals surface area contributed by atoms with E-state index in [-0.39, 0.29) is 0 Å². The van der Waals surface area contributed by atoms with Gasteiger partial charge in [0.25, 0.3) is 0 Å². The van der Waals surface area contributed by atoms with Crippen molar-refractivity contribution < 1.29 is 9.59 Å². The van der Waals surface area contributed by atoms with Crippen LogP contribution in [0, 0.1) is 5.92 Å². The van der Waals surface area contributed by atoms with Crippen LogP contribution >= 0.6 is 11.3 Å². The van der Waals surface area contributed by atoms with Gasteiger partial charge in [-0.2, -0.15) is 16.4 Å². The Bertz CT molecular complexity index is 891. The van der Waals surface area contributed by atoms with Crippen LogP contribution < -0.4 is 11.1 Å². The van der Waals surface area contributed by atoms with Crippen molar-refractivity contribution in [3.8, 4) is 0 Å². The first-order valence-corrected chi connectivity index (χ1v) is 9.65. The van der Waals surface area contributed by atoms with Crippen molar-refractivity contribution in [3.63, 3.8) is 0 Å². The molecule has 27 heavy (non-hydrogen) atoms. The third-order valence-electron chi connectivity index (χ3n) is 4.33. The number of aromatic nitrogens is 3. The fourth-order valence-electron chi connectivity index (χ4n) is 2.97. The summed E-state index contributed by atoms with van der Waals surface area (Å²) in [4.78, 5) is 30.0. The molecule has 4 heterocycles. The minimum absolute atomic E-state index is 0.318. The molecule has 1 saturated heterocycles. The SMILES string of the molecule is CC1CCCN(C(=O)C(=O)Nc2cnc(N)c3cn[nH]c23)C1.c1ccsc1. The number of pyridine rings is 1. The van der Waals surface area contributed by atoms with Crippen molar-refractivity contribution in [2.24, 2.45) is 5.92 Å². The normalized spacial score (nSPS) is 16.5. The average molecular weight is 386 g/mol. The number of piperidine rings is 1. The lowest BCUT2D eigenvalue weighted by molar-refractivity contribution is -0.144. The Hall–Kier alpha value is -2.94. The highest BCUT2D eigenvalue weighted by Gasteiger charge is 2.26. The van der Waals surface area contributed by atoms with Gasteiger partial charge in [0, 0.05) is 13.1 Å². The quantitative estimate of drug-likeness (QED) is 0.556. The van der Waals surface area contributed by atoms with E-state index in [4.69, 9.17) is 5.73 Å². The summed E-state index contributed by atoms with van der Waals surface area (Å²) in [5, 5.41) is 13.9. The Morgan fingerprint density at radius 1 is 1.33 bits per heavy atom. The number of nitrogens with two attached hydrogens (primary N) is 1. The Kier molecular flexibility index (Phi) is 6.02. The first-order chi connectivity index (χ1) is 13.1. The van der Waals surface area contributed by atoms with E-state index in [0.29, 0.717) is 41.4 Å². The lowest BCUT2D eigenvalue weighted by Gasteiger charge is -2.30. The number of hydrogen-bond acceptors (Lipinski definition) is 6.